The molecule has 0 saturated carbocycles. The van der Waals surface area contributed by atoms with Crippen molar-refractivity contribution in [3.63, 3.8) is 0 Å². The van der Waals surface area contributed by atoms with Gasteiger partial charge < -0.3 is 9.64 Å². The molecule has 1 atom stereocenters. The van der Waals surface area contributed by atoms with Crippen molar-refractivity contribution in [3.05, 3.63) is 54.1 Å². The quantitative estimate of drug-likeness (QED) is 0.382. The fourth-order valence-electron chi connectivity index (χ4n) is 3.71. The minimum Gasteiger partial charge on any atom is -0.461 e. The molecule has 0 bridgehead atoms. The summed E-state index contributed by atoms with van der Waals surface area (Å²) in [4.78, 5) is 28.0. The highest BCUT2D eigenvalue weighted by Gasteiger charge is 2.34. The number of hydrogen-bond donors (Lipinski definition) is 1. The first-order chi connectivity index (χ1) is 20.2. The Bertz CT molecular complexity index is 1440. The van der Waals surface area contributed by atoms with Crippen LogP contribution in [-0.2, 0) is 20.9 Å². The number of carbonyl (C=O) groups excluding carboxylic acids is 2. The standard InChI is InChI=1S/C27H35N5O3/c1-6-7-12-24(33)32(25(18(2)3)27(34)35-19(4)5)17-20-13-15-21(16-14-20)22-10-8-9-11-23(22)26-28-30-31-29-26/h8-11,13-16,18-19,25H,6-7,12,17H2,1-5H3,(H,28,29,30,31)/t25-/m0/s1/i1D3,6D2,7D2,12D2. The number of ether oxygens (including phenoxy) is 1. The van der Waals surface area contributed by atoms with Crippen LogP contribution in [0.25, 0.3) is 22.5 Å². The van der Waals surface area contributed by atoms with E-state index in [2.05, 4.69) is 20.6 Å². The molecule has 186 valence electrons. The second-order valence-electron chi connectivity index (χ2n) is 8.46. The van der Waals surface area contributed by atoms with E-state index >= 15 is 0 Å². The van der Waals surface area contributed by atoms with Crippen LogP contribution >= 0.6 is 0 Å². The third-order valence-corrected chi connectivity index (χ3v) is 5.18. The first-order valence-corrected chi connectivity index (χ1v) is 11.2. The highest BCUT2D eigenvalue weighted by Crippen LogP contribution is 2.30. The summed E-state index contributed by atoms with van der Waals surface area (Å²) in [7, 11) is 0. The van der Waals surface area contributed by atoms with Crippen LogP contribution in [0.2, 0.25) is 0 Å². The first kappa shape index (κ1) is 16.2. The predicted octanol–water partition coefficient (Wildman–Crippen LogP) is 5.03. The van der Waals surface area contributed by atoms with Crippen LogP contribution in [-0.4, -0.2) is 49.5 Å². The topological polar surface area (TPSA) is 101 Å². The molecule has 3 aromatic rings. The van der Waals surface area contributed by atoms with Gasteiger partial charge in [-0.15, -0.1) is 10.2 Å². The monoisotopic (exact) mass is 486 g/mol. The normalized spacial score (nSPS) is 17.5. The number of nitrogens with one attached hydrogen (secondary N) is 1. The molecule has 8 nitrogen and oxygen atoms in total. The van der Waals surface area contributed by atoms with Crippen molar-refractivity contribution in [2.45, 2.75) is 72.4 Å². The highest BCUT2D eigenvalue weighted by atomic mass is 16.5. The van der Waals surface area contributed by atoms with Crippen molar-refractivity contribution in [2.75, 3.05) is 0 Å². The van der Waals surface area contributed by atoms with Gasteiger partial charge in [0.05, 0.1) is 6.10 Å². The SMILES string of the molecule is [2H]C([2H])([2H])C([2H])([2H])C([2H])([2H])C([2H])([2H])C(=O)N(Cc1ccc(-c2ccccc2-c2nn[nH]n2)cc1)[C@H](C(=O)OC(C)C)C(C)C. The number of benzene rings is 2. The summed E-state index contributed by atoms with van der Waals surface area (Å²) in [5.74, 6) is -2.74. The van der Waals surface area contributed by atoms with Gasteiger partial charge >= 0.3 is 5.97 Å². The summed E-state index contributed by atoms with van der Waals surface area (Å²) < 4.78 is 77.1. The lowest BCUT2D eigenvalue weighted by molar-refractivity contribution is -0.161. The fourth-order valence-corrected chi connectivity index (χ4v) is 3.71. The number of esters is 1. The molecule has 0 radical (unpaired) electrons. The lowest BCUT2D eigenvalue weighted by Crippen LogP contribution is -2.48. The van der Waals surface area contributed by atoms with Gasteiger partial charge in [-0.25, -0.2) is 4.79 Å². The van der Waals surface area contributed by atoms with E-state index in [-0.39, 0.29) is 0 Å². The average molecular weight is 487 g/mol. The zero-order valence-electron chi connectivity index (χ0n) is 29.1. The van der Waals surface area contributed by atoms with Crippen molar-refractivity contribution in [1.82, 2.24) is 25.5 Å². The van der Waals surface area contributed by atoms with Crippen LogP contribution in [0, 0.1) is 5.92 Å². The number of nitrogens with zero attached hydrogens (tertiary/aromatic N) is 4. The Balaban J connectivity index is 2.08. The number of hydrogen-bond acceptors (Lipinski definition) is 6. The van der Waals surface area contributed by atoms with Crippen molar-refractivity contribution in [2.24, 2.45) is 5.92 Å². The Kier molecular flexibility index (Phi) is 5.66. The third kappa shape index (κ3) is 6.74. The maximum Gasteiger partial charge on any atom is 0.329 e. The smallest absolute Gasteiger partial charge is 0.329 e. The van der Waals surface area contributed by atoms with E-state index < -0.39 is 62.5 Å². The van der Waals surface area contributed by atoms with Crippen molar-refractivity contribution < 1.29 is 26.7 Å². The van der Waals surface area contributed by atoms with Crippen LogP contribution in [0.1, 0.15) is 71.6 Å². The molecule has 1 N–H and O–H groups in total. The molecular weight excluding hydrogens is 442 g/mol. The van der Waals surface area contributed by atoms with Gasteiger partial charge in [-0.2, -0.15) is 5.21 Å². The van der Waals surface area contributed by atoms with E-state index in [9.17, 15) is 9.59 Å². The molecule has 1 heterocycles. The van der Waals surface area contributed by atoms with Gasteiger partial charge in [0.15, 0.2) is 0 Å². The number of carbonyl (C=O) groups is 2. The zero-order chi connectivity index (χ0) is 33.3. The molecule has 0 spiro atoms. The van der Waals surface area contributed by atoms with Gasteiger partial charge in [0.1, 0.15) is 6.04 Å². The maximum absolute atomic E-state index is 13.9. The Labute approximate surface area is 219 Å². The molecule has 1 aromatic heterocycles. The third-order valence-electron chi connectivity index (χ3n) is 5.18. The summed E-state index contributed by atoms with van der Waals surface area (Å²) in [5, 5.41) is 14.1. The molecule has 0 fully saturated rings. The van der Waals surface area contributed by atoms with E-state index in [1.165, 1.54) is 0 Å². The lowest BCUT2D eigenvalue weighted by atomic mass is 9.97. The number of aromatic nitrogens is 4. The van der Waals surface area contributed by atoms with E-state index in [1.807, 2.05) is 24.3 Å². The van der Waals surface area contributed by atoms with Crippen LogP contribution in [0.3, 0.4) is 0 Å². The summed E-state index contributed by atoms with van der Waals surface area (Å²) in [6, 6.07) is 12.6. The number of tetrazole rings is 1. The van der Waals surface area contributed by atoms with Gasteiger partial charge in [-0.05, 0) is 48.0 Å². The number of amides is 1. The highest BCUT2D eigenvalue weighted by molar-refractivity contribution is 5.85. The average Bonchev–Trinajstić information content (AvgIpc) is 3.46. The largest absolute Gasteiger partial charge is 0.461 e. The van der Waals surface area contributed by atoms with Crippen molar-refractivity contribution in [3.8, 4) is 22.5 Å². The zero-order valence-corrected chi connectivity index (χ0v) is 20.1. The Morgan fingerprint density at radius 3 is 2.40 bits per heavy atom. The van der Waals surface area contributed by atoms with Gasteiger partial charge in [-0.1, -0.05) is 75.6 Å². The van der Waals surface area contributed by atoms with Crippen LogP contribution in [0.4, 0.5) is 0 Å². The summed E-state index contributed by atoms with van der Waals surface area (Å²) in [6.45, 7) is 2.38. The first-order valence-electron chi connectivity index (χ1n) is 15.7. The van der Waals surface area contributed by atoms with E-state index in [4.69, 9.17) is 17.1 Å². The molecule has 0 aliphatic heterocycles. The van der Waals surface area contributed by atoms with Crippen molar-refractivity contribution in [1.29, 1.82) is 0 Å². The molecule has 35 heavy (non-hydrogen) atoms. The molecule has 0 saturated heterocycles. The van der Waals surface area contributed by atoms with Crippen LogP contribution in [0.5, 0.6) is 0 Å². The molecular formula is C27H35N5O3. The van der Waals surface area contributed by atoms with Gasteiger partial charge in [-0.3, -0.25) is 4.79 Å². The minimum absolute atomic E-state index is 0.373. The maximum atomic E-state index is 13.9. The van der Waals surface area contributed by atoms with E-state index in [0.29, 0.717) is 17.0 Å². The second-order valence-corrected chi connectivity index (χ2v) is 8.46. The molecule has 0 unspecified atom stereocenters. The molecule has 3 rings (SSSR count). The van der Waals surface area contributed by atoms with Crippen molar-refractivity contribution >= 4 is 11.9 Å². The lowest BCUT2D eigenvalue weighted by Gasteiger charge is -2.33. The number of aromatic amines is 1. The molecule has 2 aromatic carbocycles. The number of H-pyrrole nitrogens is 1. The van der Waals surface area contributed by atoms with E-state index in [0.717, 1.165) is 16.0 Å². The van der Waals surface area contributed by atoms with Crippen LogP contribution < -0.4 is 0 Å². The summed E-state index contributed by atoms with van der Waals surface area (Å²) in [6.07, 6.45) is -11.9. The Morgan fingerprint density at radius 1 is 1.09 bits per heavy atom. The minimum atomic E-state index is -3.83. The van der Waals surface area contributed by atoms with E-state index in [1.54, 1.807) is 52.0 Å². The number of rotatable bonds is 11. The van der Waals surface area contributed by atoms with Crippen LogP contribution in [0.15, 0.2) is 48.5 Å². The second kappa shape index (κ2) is 12.2. The fraction of sp³-hybridized carbons (Fsp3) is 0.444. The Morgan fingerprint density at radius 2 is 1.80 bits per heavy atom. The predicted molar refractivity (Wildman–Crippen MR) is 135 cm³/mol. The Hall–Kier alpha value is -3.55. The molecule has 0 aliphatic rings. The molecule has 1 amide bonds. The molecule has 8 heteroatoms. The summed E-state index contributed by atoms with van der Waals surface area (Å²) >= 11 is 0. The molecule has 0 aliphatic carbocycles. The van der Waals surface area contributed by atoms with Gasteiger partial charge in [0, 0.05) is 30.8 Å². The van der Waals surface area contributed by atoms with Gasteiger partial charge in [0.2, 0.25) is 11.7 Å². The van der Waals surface area contributed by atoms with Gasteiger partial charge in [0.25, 0.3) is 0 Å². The summed E-state index contributed by atoms with van der Waals surface area (Å²) in [5.41, 5.74) is 2.63.